The lowest BCUT2D eigenvalue weighted by Crippen LogP contribution is -2.36. The molecule has 0 amide bonds. The van der Waals surface area contributed by atoms with Crippen molar-refractivity contribution in [1.82, 2.24) is 16.0 Å². The maximum atomic E-state index is 12.2. The summed E-state index contributed by atoms with van der Waals surface area (Å²) in [6, 6.07) is -5.84. The first-order chi connectivity index (χ1) is 65.7. The molecule has 16 atom stereocenters. The van der Waals surface area contributed by atoms with Crippen LogP contribution in [0.25, 0.3) is 0 Å². The zero-order chi connectivity index (χ0) is 104. The minimum atomic E-state index is -1.85. The fourth-order valence-electron chi connectivity index (χ4n) is 12.7. The molecule has 2 aromatic rings. The first kappa shape index (κ1) is 121. The van der Waals surface area contributed by atoms with Crippen LogP contribution in [0.3, 0.4) is 0 Å². The Kier molecular flexibility index (Phi) is 57.8. The van der Waals surface area contributed by atoms with Gasteiger partial charge in [-0.15, -0.1) is 0 Å². The number of carboxylic acids is 1. The van der Waals surface area contributed by atoms with Gasteiger partial charge in [0.15, 0.2) is 53.7 Å². The number of guanidine groups is 3. The van der Waals surface area contributed by atoms with Gasteiger partial charge >= 0.3 is 5.97 Å². The van der Waals surface area contributed by atoms with Crippen LogP contribution in [0.4, 0.5) is 0 Å². The van der Waals surface area contributed by atoms with Crippen molar-refractivity contribution in [3.63, 3.8) is 0 Å². The van der Waals surface area contributed by atoms with Crippen LogP contribution in [-0.2, 0) is 17.6 Å². The third-order valence-electron chi connectivity index (χ3n) is 20.1. The fraction of sp³-hybridized carbons (Fsp3) is 0.605. The number of nitrogens with one attached hydrogen (secondary N) is 8. The standard InChI is InChI=1S/C86H145N31O22/c1-46(2)39-60(78(133)104-48(4)70(125)114-62(42-65(92)121)79(134)113-59(83(138)139)31-32-64(91)120)115-76(131)54(26-13-16-34-88)109-73(128)56(28-18-36-99-84(93)94)107-69(124)47(3)105-81(136)63(45-118)116-77(132)55(27-14-17-35-89)110-74(129)57(29-19-37-100-85(95)96)111-72(127)53(25-12-15-33-87)108-75(130)58(30-20-38-101-86(97)98)112-82(137)68(49(5)119)117-80(135)61(41-51-23-10-7-11-24-51)106-67(123)44-102-66(122)43-103-71(126)52(90)40-50-21-8-6-9-22-50/h6-11,21-24,46-49,52-63,68,118-119H,12-20,25-45,87-90H2,1-5H3,(H2,91,120)(H2,92,121)(H,102,122)(H,103,126)(H,104,133)(H,105,136)(H,106,123)(H,107,124)(H,108,130)(H,109,128)(H,110,129)(H,111,127)(H,112,137)(H,113,134)(H,114,125)(H,115,131)(H,116,132)(H,117,135)(H,138,139)(H4,93,94,99)(H4,95,96,100)(H4,97,98,101). The van der Waals surface area contributed by atoms with Crippen molar-refractivity contribution < 1.29 is 112 Å². The Morgan fingerprint density at radius 2 is 0.676 bits per heavy atom. The van der Waals surface area contributed by atoms with Crippen LogP contribution in [0.15, 0.2) is 141 Å². The monoisotopic (exact) mass is 1960 g/mol. The number of unbranched alkanes of at least 4 members (excludes halogenated alkanes) is 3. The number of aliphatic hydroxyl groups excluding tert-OH is 20. The Morgan fingerprint density at radius 3 is 1.04 bits per heavy atom. The van der Waals surface area contributed by atoms with Crippen LogP contribution in [0.1, 0.15) is 168 Å². The molecule has 53 heteroatoms. The Morgan fingerprint density at radius 1 is 0.345 bits per heavy atom. The van der Waals surface area contributed by atoms with Gasteiger partial charge in [0.05, 0.1) is 25.2 Å². The molecule has 0 fully saturated rings. The SMILES string of the molecule is CC(C)CC(N=C(O)C(CCCCN)N=C(O)C(CCCNC(=N)N)N=C(O)C(C)N=C(O)C(CO)N=C(O)C(CCCCN)N=C(O)C(CCCNC(=N)N)N=C(O)C(CCCCN)N=C(O)C(CCCNC(=N)N)N=C(O)C(N=C(O)C(Cc1ccccc1)N=C(O)CN=C(O)CN=C(O)C(N)Cc1ccccc1)C(C)O)C(O)=NC(C)C(O)=NC(CC(=N)O)C(O)=NC(CCC(=N)O)C(=O)O. The topological polar surface area (TPSA) is 977 Å². The van der Waals surface area contributed by atoms with Gasteiger partial charge in [0.2, 0.25) is 88.5 Å². The molecule has 0 radical (unpaired) electrons. The number of nitrogens with zero attached hydrogens (tertiary/aromatic N) is 16. The minimum Gasteiger partial charge on any atom is -0.497 e. The summed E-state index contributed by atoms with van der Waals surface area (Å²) in [7, 11) is 0. The van der Waals surface area contributed by atoms with Crippen molar-refractivity contribution >= 4 is 130 Å². The molecule has 0 saturated heterocycles. The molecule has 0 aliphatic heterocycles. The number of aliphatic hydroxyl groups is 20. The molecule has 0 aromatic heterocycles. The molecule has 0 heterocycles. The van der Waals surface area contributed by atoms with E-state index in [9.17, 15) is 112 Å². The largest absolute Gasteiger partial charge is 0.497 e. The molecule has 0 spiro atoms. The Labute approximate surface area is 804 Å². The normalized spacial score (nSPS) is 17.4. The maximum Gasteiger partial charge on any atom is 0.328 e. The second-order valence-corrected chi connectivity index (χ2v) is 32.6. The quantitative estimate of drug-likeness (QED) is 0.0250. The highest BCUT2D eigenvalue weighted by atomic mass is 16.4. The number of hydrogen-bond donors (Lipinski definition) is 36. The molecular formula is C86H145N31O22. The summed E-state index contributed by atoms with van der Waals surface area (Å²) in [5.74, 6) is -18.7. The summed E-state index contributed by atoms with van der Waals surface area (Å²) in [6.07, 6.45) is -2.52. The van der Waals surface area contributed by atoms with E-state index in [2.05, 4.69) is 95.8 Å². The third-order valence-corrected chi connectivity index (χ3v) is 20.1. The van der Waals surface area contributed by atoms with Gasteiger partial charge in [0.1, 0.15) is 79.5 Å². The van der Waals surface area contributed by atoms with Crippen LogP contribution in [0, 0.1) is 33.0 Å². The van der Waals surface area contributed by atoms with Crippen LogP contribution in [-0.4, -0.2) is 393 Å². The van der Waals surface area contributed by atoms with Crippen molar-refractivity contribution in [3.8, 4) is 0 Å². The molecule has 0 aliphatic carbocycles. The molecule has 53 nitrogen and oxygen atoms in total. The molecular weight excluding hydrogens is 1820 g/mol. The van der Waals surface area contributed by atoms with E-state index >= 15 is 0 Å². The molecule has 139 heavy (non-hydrogen) atoms. The lowest BCUT2D eigenvalue weighted by atomic mass is 10.0. The number of benzene rings is 2. The lowest BCUT2D eigenvalue weighted by molar-refractivity contribution is -0.138. The van der Waals surface area contributed by atoms with Gasteiger partial charge in [0.25, 0.3) is 0 Å². The molecule has 2 rings (SSSR count). The zero-order valence-electron chi connectivity index (χ0n) is 78.8. The minimum absolute atomic E-state index is 0.00611. The van der Waals surface area contributed by atoms with Crippen LogP contribution < -0.4 is 56.1 Å². The summed E-state index contributed by atoms with van der Waals surface area (Å²) in [4.78, 5) is 78.3. The highest BCUT2D eigenvalue weighted by Crippen LogP contribution is 2.22. The van der Waals surface area contributed by atoms with Crippen molar-refractivity contribution in [2.45, 2.75) is 266 Å². The molecule has 0 aliphatic rings. The smallest absolute Gasteiger partial charge is 0.328 e. The third kappa shape index (κ3) is 50.5. The highest BCUT2D eigenvalue weighted by Gasteiger charge is 2.33. The van der Waals surface area contributed by atoms with E-state index in [1.54, 1.807) is 56.3 Å². The van der Waals surface area contributed by atoms with Gasteiger partial charge in [-0.1, -0.05) is 74.5 Å². The number of aliphatic imine (C=N–C) groups is 16. The number of carbonyl (C=O) groups is 1. The number of aliphatic carboxylic acids is 1. The van der Waals surface area contributed by atoms with E-state index in [0.717, 1.165) is 5.56 Å². The van der Waals surface area contributed by atoms with Crippen molar-refractivity contribution in [2.24, 2.45) is 126 Å². The molecule has 0 bridgehead atoms. The predicted octanol–water partition coefficient (Wildman–Crippen LogP) is 4.22. The summed E-state index contributed by atoms with van der Waals surface area (Å²) in [5, 5.41) is 281. The van der Waals surface area contributed by atoms with Gasteiger partial charge in [0, 0.05) is 32.5 Å². The van der Waals surface area contributed by atoms with E-state index in [0.29, 0.717) is 24.8 Å². The van der Waals surface area contributed by atoms with Crippen molar-refractivity contribution in [3.05, 3.63) is 71.8 Å². The maximum absolute atomic E-state index is 12.2. The van der Waals surface area contributed by atoms with Gasteiger partial charge < -0.3 is 163 Å². The Hall–Kier alpha value is -14.1. The molecule has 0 saturated carbocycles. The van der Waals surface area contributed by atoms with Gasteiger partial charge in [-0.3, -0.25) is 27.0 Å². The van der Waals surface area contributed by atoms with Gasteiger partial charge in [-0.05, 0) is 173 Å². The van der Waals surface area contributed by atoms with E-state index in [4.69, 9.17) is 67.2 Å². The number of rotatable bonds is 70. The van der Waals surface area contributed by atoms with Gasteiger partial charge in [-0.2, -0.15) is 0 Å². The average Bonchev–Trinajstić information content (AvgIpc) is 0.724. The average molecular weight is 1970 g/mol. The Bertz CT molecular complexity index is 4660. The van der Waals surface area contributed by atoms with E-state index < -0.39 is 266 Å². The van der Waals surface area contributed by atoms with Crippen molar-refractivity contribution in [1.29, 1.82) is 27.0 Å². The molecule has 16 unspecified atom stereocenters. The first-order valence-corrected chi connectivity index (χ1v) is 45.1. The highest BCUT2D eigenvalue weighted by molar-refractivity contribution is 5.97. The van der Waals surface area contributed by atoms with E-state index in [1.165, 1.54) is 20.8 Å². The summed E-state index contributed by atoms with van der Waals surface area (Å²) in [5.41, 5.74) is 41.8. The second kappa shape index (κ2) is 66.4. The lowest BCUT2D eigenvalue weighted by Gasteiger charge is -2.20. The zero-order valence-corrected chi connectivity index (χ0v) is 78.8. The fourth-order valence-corrected chi connectivity index (χ4v) is 12.7. The van der Waals surface area contributed by atoms with Crippen LogP contribution in [0.2, 0.25) is 0 Å². The summed E-state index contributed by atoms with van der Waals surface area (Å²) in [6.45, 7) is 5.22. The van der Waals surface area contributed by atoms with Crippen LogP contribution in [0.5, 0.6) is 0 Å². The van der Waals surface area contributed by atoms with E-state index in [-0.39, 0.29) is 141 Å². The van der Waals surface area contributed by atoms with Gasteiger partial charge in [-0.25, -0.2) is 84.7 Å². The number of nitrogens with two attached hydrogens (primary N) is 7. The second-order valence-electron chi connectivity index (χ2n) is 32.6. The molecule has 43 N–H and O–H groups in total. The summed E-state index contributed by atoms with van der Waals surface area (Å²) >= 11 is 0. The van der Waals surface area contributed by atoms with E-state index in [1.807, 2.05) is 18.2 Å². The first-order valence-electron chi connectivity index (χ1n) is 45.1. The predicted molar refractivity (Wildman–Crippen MR) is 540 cm³/mol. The van der Waals surface area contributed by atoms with Crippen molar-refractivity contribution in [2.75, 3.05) is 59.0 Å². The number of carboxylic acid groups (broad SMARTS) is 1. The van der Waals surface area contributed by atoms with Crippen LogP contribution >= 0.6 is 0 Å². The summed E-state index contributed by atoms with van der Waals surface area (Å²) < 4.78 is 0. The molecule has 2 aromatic carbocycles. The number of hydrogen-bond acceptors (Lipinski definition) is 28. The Balaban J connectivity index is 2.92. The molecule has 776 valence electrons.